The van der Waals surface area contributed by atoms with Gasteiger partial charge in [-0.3, -0.25) is 4.57 Å². The van der Waals surface area contributed by atoms with Crippen LogP contribution in [0.1, 0.15) is 5.56 Å². The van der Waals surface area contributed by atoms with E-state index < -0.39 is 11.6 Å². The summed E-state index contributed by atoms with van der Waals surface area (Å²) in [7, 11) is 0. The average Bonchev–Trinajstić information content (AvgIpc) is 2.73. The van der Waals surface area contributed by atoms with Gasteiger partial charge in [0, 0.05) is 6.07 Å². The van der Waals surface area contributed by atoms with Crippen molar-refractivity contribution in [1.82, 2.24) is 9.55 Å². The minimum absolute atomic E-state index is 0.0502. The van der Waals surface area contributed by atoms with Crippen LogP contribution in [-0.4, -0.2) is 9.55 Å². The van der Waals surface area contributed by atoms with E-state index >= 15 is 0 Å². The number of hydrogen-bond donors (Lipinski definition) is 1. The number of nitrogens with zero attached hydrogens (tertiary/aromatic N) is 3. The smallest absolute Gasteiger partial charge is 0.206 e. The lowest BCUT2D eigenvalue weighted by Crippen LogP contribution is -2.03. The number of hydrogen-bond acceptors (Lipinski definition) is 3. The molecule has 2 aromatic carbocycles. The molecule has 6 heteroatoms. The van der Waals surface area contributed by atoms with Gasteiger partial charge in [0.15, 0.2) is 0 Å². The molecule has 0 saturated heterocycles. The Labute approximate surface area is 112 Å². The van der Waals surface area contributed by atoms with Crippen molar-refractivity contribution in [2.24, 2.45) is 0 Å². The first-order valence-electron chi connectivity index (χ1n) is 5.73. The Bertz CT molecular complexity index is 861. The van der Waals surface area contributed by atoms with Crippen LogP contribution in [0.25, 0.3) is 16.7 Å². The van der Waals surface area contributed by atoms with E-state index in [4.69, 9.17) is 11.0 Å². The Morgan fingerprint density at radius 3 is 2.65 bits per heavy atom. The van der Waals surface area contributed by atoms with E-state index in [0.717, 1.165) is 6.07 Å². The number of anilines is 1. The van der Waals surface area contributed by atoms with Gasteiger partial charge in [-0.15, -0.1) is 0 Å². The fourth-order valence-electron chi connectivity index (χ4n) is 2.08. The van der Waals surface area contributed by atoms with Crippen LogP contribution in [0.5, 0.6) is 0 Å². The number of halogens is 2. The lowest BCUT2D eigenvalue weighted by atomic mass is 10.2. The molecule has 0 amide bonds. The molecule has 0 aliphatic heterocycles. The van der Waals surface area contributed by atoms with Gasteiger partial charge in [0.2, 0.25) is 5.95 Å². The lowest BCUT2D eigenvalue weighted by molar-refractivity contribution is 0.619. The summed E-state index contributed by atoms with van der Waals surface area (Å²) in [4.78, 5) is 4.00. The zero-order valence-electron chi connectivity index (χ0n) is 10.1. The summed E-state index contributed by atoms with van der Waals surface area (Å²) < 4.78 is 28.6. The highest BCUT2D eigenvalue weighted by Crippen LogP contribution is 2.25. The summed E-state index contributed by atoms with van der Waals surface area (Å²) >= 11 is 0. The molecule has 3 aromatic rings. The van der Waals surface area contributed by atoms with Gasteiger partial charge in [0.05, 0.1) is 28.4 Å². The van der Waals surface area contributed by atoms with E-state index in [1.807, 2.05) is 6.07 Å². The summed E-state index contributed by atoms with van der Waals surface area (Å²) in [5, 5.41) is 8.74. The van der Waals surface area contributed by atoms with E-state index in [-0.39, 0.29) is 17.2 Å². The van der Waals surface area contributed by atoms with Crippen LogP contribution in [0.4, 0.5) is 14.7 Å². The molecule has 98 valence electrons. The number of nitrogen functional groups attached to an aromatic ring is 1. The van der Waals surface area contributed by atoms with E-state index in [1.165, 1.54) is 34.9 Å². The maximum absolute atomic E-state index is 14.1. The number of benzene rings is 2. The van der Waals surface area contributed by atoms with Crippen molar-refractivity contribution in [2.75, 3.05) is 5.73 Å². The van der Waals surface area contributed by atoms with E-state index in [1.54, 1.807) is 0 Å². The molecule has 0 radical (unpaired) electrons. The molecule has 1 heterocycles. The topological polar surface area (TPSA) is 67.6 Å². The number of imidazole rings is 1. The Morgan fingerprint density at radius 1 is 1.15 bits per heavy atom. The molecule has 20 heavy (non-hydrogen) atoms. The highest BCUT2D eigenvalue weighted by atomic mass is 19.1. The van der Waals surface area contributed by atoms with Crippen LogP contribution < -0.4 is 5.73 Å². The second-order valence-corrected chi connectivity index (χ2v) is 4.22. The first-order valence-corrected chi connectivity index (χ1v) is 5.73. The maximum Gasteiger partial charge on any atom is 0.206 e. The number of nitriles is 1. The van der Waals surface area contributed by atoms with E-state index in [9.17, 15) is 8.78 Å². The zero-order chi connectivity index (χ0) is 14.3. The van der Waals surface area contributed by atoms with Crippen molar-refractivity contribution in [1.29, 1.82) is 5.26 Å². The Balaban J connectivity index is 2.30. The number of aromatic nitrogens is 2. The normalized spacial score (nSPS) is 10.7. The Hall–Kier alpha value is -2.94. The van der Waals surface area contributed by atoms with Gasteiger partial charge in [0.1, 0.15) is 11.6 Å². The van der Waals surface area contributed by atoms with Gasteiger partial charge in [-0.2, -0.15) is 5.26 Å². The highest BCUT2D eigenvalue weighted by molar-refractivity contribution is 5.81. The predicted molar refractivity (Wildman–Crippen MR) is 70.1 cm³/mol. The SMILES string of the molecule is N#Cc1ccc(-n2c(N)nc3cc(F)ccc32)c(F)c1. The van der Waals surface area contributed by atoms with Gasteiger partial charge in [-0.1, -0.05) is 0 Å². The van der Waals surface area contributed by atoms with Crippen LogP contribution in [0, 0.1) is 23.0 Å². The van der Waals surface area contributed by atoms with Crippen molar-refractivity contribution in [2.45, 2.75) is 0 Å². The third-order valence-electron chi connectivity index (χ3n) is 2.96. The molecule has 2 N–H and O–H groups in total. The third-order valence-corrected chi connectivity index (χ3v) is 2.96. The van der Waals surface area contributed by atoms with E-state index in [2.05, 4.69) is 4.98 Å². The summed E-state index contributed by atoms with van der Waals surface area (Å²) in [6.45, 7) is 0. The fraction of sp³-hybridized carbons (Fsp3) is 0. The van der Waals surface area contributed by atoms with Crippen molar-refractivity contribution < 1.29 is 8.78 Å². The van der Waals surface area contributed by atoms with Crippen molar-refractivity contribution in [3.63, 3.8) is 0 Å². The molecule has 0 unspecified atom stereocenters. The third kappa shape index (κ3) is 1.77. The summed E-state index contributed by atoms with van der Waals surface area (Å²) in [6, 6.07) is 9.84. The van der Waals surface area contributed by atoms with Gasteiger partial charge in [-0.25, -0.2) is 13.8 Å². The standard InChI is InChI=1S/C14H8F2N4/c15-9-2-4-13-11(6-9)19-14(18)20(13)12-3-1-8(7-17)5-10(12)16/h1-6H,(H2,18,19). The summed E-state index contributed by atoms with van der Waals surface area (Å²) in [6.07, 6.45) is 0. The average molecular weight is 270 g/mol. The van der Waals surface area contributed by atoms with Crippen LogP contribution in [0.15, 0.2) is 36.4 Å². The Morgan fingerprint density at radius 2 is 1.95 bits per heavy atom. The monoisotopic (exact) mass is 270 g/mol. The van der Waals surface area contributed by atoms with Gasteiger partial charge in [-0.05, 0) is 30.3 Å². The molecule has 3 rings (SSSR count). The van der Waals surface area contributed by atoms with Crippen molar-refractivity contribution in [3.05, 3.63) is 53.6 Å². The predicted octanol–water partition coefficient (Wildman–Crippen LogP) is 2.76. The quantitative estimate of drug-likeness (QED) is 0.739. The molecule has 0 aliphatic rings. The largest absolute Gasteiger partial charge is 0.369 e. The molecule has 0 atom stereocenters. The zero-order valence-corrected chi connectivity index (χ0v) is 10.1. The molecule has 0 spiro atoms. The number of fused-ring (bicyclic) bond motifs is 1. The second kappa shape index (κ2) is 4.31. The number of rotatable bonds is 1. The van der Waals surface area contributed by atoms with Gasteiger partial charge in [0.25, 0.3) is 0 Å². The minimum Gasteiger partial charge on any atom is -0.369 e. The first-order chi connectivity index (χ1) is 9.60. The van der Waals surface area contributed by atoms with E-state index in [0.29, 0.717) is 11.0 Å². The summed E-state index contributed by atoms with van der Waals surface area (Å²) in [5.74, 6) is -0.990. The highest BCUT2D eigenvalue weighted by Gasteiger charge is 2.14. The molecular weight excluding hydrogens is 262 g/mol. The lowest BCUT2D eigenvalue weighted by Gasteiger charge is -2.07. The van der Waals surface area contributed by atoms with Gasteiger partial charge < -0.3 is 5.73 Å². The molecule has 0 saturated carbocycles. The van der Waals surface area contributed by atoms with Crippen LogP contribution in [0.3, 0.4) is 0 Å². The van der Waals surface area contributed by atoms with Crippen LogP contribution in [0.2, 0.25) is 0 Å². The molecule has 1 aromatic heterocycles. The molecule has 0 fully saturated rings. The fourth-order valence-corrected chi connectivity index (χ4v) is 2.08. The molecule has 0 bridgehead atoms. The molecule has 0 aliphatic carbocycles. The maximum atomic E-state index is 14.1. The minimum atomic E-state index is -0.598. The van der Waals surface area contributed by atoms with Gasteiger partial charge >= 0.3 is 0 Å². The van der Waals surface area contributed by atoms with Crippen LogP contribution in [-0.2, 0) is 0 Å². The van der Waals surface area contributed by atoms with Crippen molar-refractivity contribution in [3.8, 4) is 11.8 Å². The second-order valence-electron chi connectivity index (χ2n) is 4.22. The number of nitrogens with two attached hydrogens (primary N) is 1. The summed E-state index contributed by atoms with van der Waals surface area (Å²) in [5.41, 5.74) is 6.98. The van der Waals surface area contributed by atoms with Crippen LogP contribution >= 0.6 is 0 Å². The molecule has 4 nitrogen and oxygen atoms in total. The van der Waals surface area contributed by atoms with Crippen molar-refractivity contribution >= 4 is 17.0 Å². The Kier molecular flexibility index (Phi) is 2.61. The molecular formula is C14H8F2N4. The first kappa shape index (κ1) is 12.1.